The Hall–Kier alpha value is -1.36. The Bertz CT molecular complexity index is 445. The van der Waals surface area contributed by atoms with Crippen molar-refractivity contribution in [2.45, 2.75) is 6.92 Å². The van der Waals surface area contributed by atoms with E-state index in [0.717, 1.165) is 15.7 Å². The molecule has 78 valence electrons. The molecule has 0 bridgehead atoms. The molecule has 1 heterocycles. The standard InChI is InChI=1S/C10H9BrN2O2/c1-6-4-7(11)2-3-8(6)13-5-9(14)12-10(13)15/h2-4H,5H2,1H3,(H,12,14,15). The second-order valence-corrected chi connectivity index (χ2v) is 4.29. The fourth-order valence-corrected chi connectivity index (χ4v) is 2.03. The molecule has 1 aliphatic heterocycles. The molecule has 1 N–H and O–H groups in total. The number of carbonyl (C=O) groups excluding carboxylic acids is 2. The average molecular weight is 269 g/mol. The summed E-state index contributed by atoms with van der Waals surface area (Å²) in [6, 6.07) is 5.21. The van der Waals surface area contributed by atoms with Gasteiger partial charge in [-0.25, -0.2) is 4.79 Å². The first-order valence-corrected chi connectivity index (χ1v) is 5.25. The lowest BCUT2D eigenvalue weighted by Gasteiger charge is -2.15. The van der Waals surface area contributed by atoms with E-state index in [1.54, 1.807) is 0 Å². The van der Waals surface area contributed by atoms with Crippen LogP contribution in [0.3, 0.4) is 0 Å². The minimum atomic E-state index is -0.356. The van der Waals surface area contributed by atoms with Crippen molar-refractivity contribution in [1.82, 2.24) is 5.32 Å². The van der Waals surface area contributed by atoms with Crippen molar-refractivity contribution in [2.75, 3.05) is 11.4 Å². The minimum absolute atomic E-state index is 0.0985. The molecule has 15 heavy (non-hydrogen) atoms. The number of rotatable bonds is 1. The van der Waals surface area contributed by atoms with Gasteiger partial charge in [0.25, 0.3) is 0 Å². The number of nitrogens with one attached hydrogen (secondary N) is 1. The number of halogens is 1. The minimum Gasteiger partial charge on any atom is -0.284 e. The Kier molecular flexibility index (Phi) is 2.48. The van der Waals surface area contributed by atoms with Gasteiger partial charge in [0.2, 0.25) is 5.91 Å². The van der Waals surface area contributed by atoms with Gasteiger partial charge in [0.1, 0.15) is 6.54 Å². The lowest BCUT2D eigenvalue weighted by Crippen LogP contribution is -2.28. The largest absolute Gasteiger partial charge is 0.329 e. The normalized spacial score (nSPS) is 15.7. The van der Waals surface area contributed by atoms with E-state index in [2.05, 4.69) is 21.2 Å². The first-order valence-electron chi connectivity index (χ1n) is 4.45. The van der Waals surface area contributed by atoms with E-state index in [-0.39, 0.29) is 18.5 Å². The number of anilines is 1. The summed E-state index contributed by atoms with van der Waals surface area (Å²) in [6.45, 7) is 2.00. The highest BCUT2D eigenvalue weighted by Gasteiger charge is 2.28. The summed E-state index contributed by atoms with van der Waals surface area (Å²) in [6.07, 6.45) is 0. The van der Waals surface area contributed by atoms with Crippen LogP contribution in [0.25, 0.3) is 0 Å². The molecule has 0 atom stereocenters. The third kappa shape index (κ3) is 1.87. The van der Waals surface area contributed by atoms with Gasteiger partial charge in [0, 0.05) is 10.2 Å². The second-order valence-electron chi connectivity index (χ2n) is 3.37. The summed E-state index contributed by atoms with van der Waals surface area (Å²) in [5.74, 6) is -0.262. The predicted octanol–water partition coefficient (Wildman–Crippen LogP) is 1.81. The van der Waals surface area contributed by atoms with Crippen molar-refractivity contribution >= 4 is 33.6 Å². The number of urea groups is 1. The van der Waals surface area contributed by atoms with E-state index in [4.69, 9.17) is 0 Å². The van der Waals surface area contributed by atoms with E-state index in [1.807, 2.05) is 25.1 Å². The SMILES string of the molecule is Cc1cc(Br)ccc1N1CC(=O)NC1=O. The van der Waals surface area contributed by atoms with Gasteiger partial charge in [0.05, 0.1) is 0 Å². The van der Waals surface area contributed by atoms with Crippen LogP contribution in [-0.4, -0.2) is 18.5 Å². The molecule has 0 saturated carbocycles. The number of aryl methyl sites for hydroxylation is 1. The van der Waals surface area contributed by atoms with Crippen LogP contribution in [0.2, 0.25) is 0 Å². The molecule has 3 amide bonds. The molecule has 4 nitrogen and oxygen atoms in total. The van der Waals surface area contributed by atoms with Crippen LogP contribution in [-0.2, 0) is 4.79 Å². The highest BCUT2D eigenvalue weighted by Crippen LogP contribution is 2.24. The lowest BCUT2D eigenvalue weighted by molar-refractivity contribution is -0.117. The van der Waals surface area contributed by atoms with Crippen LogP contribution in [0.4, 0.5) is 10.5 Å². The Labute approximate surface area is 95.4 Å². The number of amides is 3. The van der Waals surface area contributed by atoms with Gasteiger partial charge in [-0.3, -0.25) is 15.0 Å². The van der Waals surface area contributed by atoms with Crippen molar-refractivity contribution in [2.24, 2.45) is 0 Å². The molecule has 0 aromatic heterocycles. The van der Waals surface area contributed by atoms with Crippen LogP contribution < -0.4 is 10.2 Å². The zero-order valence-electron chi connectivity index (χ0n) is 8.08. The Morgan fingerprint density at radius 3 is 2.67 bits per heavy atom. The third-order valence-electron chi connectivity index (χ3n) is 2.24. The number of carbonyl (C=O) groups is 2. The van der Waals surface area contributed by atoms with Crippen LogP contribution >= 0.6 is 15.9 Å². The first-order chi connectivity index (χ1) is 7.08. The summed E-state index contributed by atoms with van der Waals surface area (Å²) in [4.78, 5) is 23.9. The van der Waals surface area contributed by atoms with Gasteiger partial charge in [-0.05, 0) is 30.7 Å². The smallest absolute Gasteiger partial charge is 0.284 e. The van der Waals surface area contributed by atoms with Gasteiger partial charge < -0.3 is 0 Å². The summed E-state index contributed by atoms with van der Waals surface area (Å²) < 4.78 is 0.953. The molecule has 2 rings (SSSR count). The topological polar surface area (TPSA) is 49.4 Å². The molecule has 0 unspecified atom stereocenters. The van der Waals surface area contributed by atoms with E-state index < -0.39 is 0 Å². The molecule has 1 saturated heterocycles. The van der Waals surface area contributed by atoms with Crippen molar-refractivity contribution < 1.29 is 9.59 Å². The van der Waals surface area contributed by atoms with E-state index in [0.29, 0.717) is 0 Å². The van der Waals surface area contributed by atoms with Gasteiger partial charge in [-0.1, -0.05) is 15.9 Å². The van der Waals surface area contributed by atoms with Crippen molar-refractivity contribution in [3.8, 4) is 0 Å². The molecule has 1 aliphatic rings. The Balaban J connectivity index is 2.38. The maximum atomic E-state index is 11.4. The number of hydrogen-bond acceptors (Lipinski definition) is 2. The van der Waals surface area contributed by atoms with E-state index in [9.17, 15) is 9.59 Å². The monoisotopic (exact) mass is 268 g/mol. The van der Waals surface area contributed by atoms with Crippen LogP contribution in [0.1, 0.15) is 5.56 Å². The quantitative estimate of drug-likeness (QED) is 0.790. The summed E-state index contributed by atoms with van der Waals surface area (Å²) in [5, 5.41) is 2.24. The van der Waals surface area contributed by atoms with Gasteiger partial charge >= 0.3 is 6.03 Å². The molecule has 5 heteroatoms. The molecule has 1 fully saturated rings. The summed E-state index contributed by atoms with van der Waals surface area (Å²) in [5.41, 5.74) is 1.72. The highest BCUT2D eigenvalue weighted by atomic mass is 79.9. The maximum absolute atomic E-state index is 11.4. The van der Waals surface area contributed by atoms with E-state index >= 15 is 0 Å². The highest BCUT2D eigenvalue weighted by molar-refractivity contribution is 9.10. The van der Waals surface area contributed by atoms with E-state index in [1.165, 1.54) is 4.90 Å². The Morgan fingerprint density at radius 2 is 2.13 bits per heavy atom. The fourth-order valence-electron chi connectivity index (χ4n) is 1.56. The first kappa shape index (κ1) is 10.2. The van der Waals surface area contributed by atoms with Gasteiger partial charge in [0.15, 0.2) is 0 Å². The molecule has 0 radical (unpaired) electrons. The third-order valence-corrected chi connectivity index (χ3v) is 2.74. The fraction of sp³-hybridized carbons (Fsp3) is 0.200. The zero-order chi connectivity index (χ0) is 11.0. The molecular formula is C10H9BrN2O2. The van der Waals surface area contributed by atoms with Gasteiger partial charge in [-0.2, -0.15) is 0 Å². The lowest BCUT2D eigenvalue weighted by atomic mass is 10.2. The number of nitrogens with zero attached hydrogens (tertiary/aromatic N) is 1. The van der Waals surface area contributed by atoms with Gasteiger partial charge in [-0.15, -0.1) is 0 Å². The number of hydrogen-bond donors (Lipinski definition) is 1. The number of imide groups is 1. The molecule has 0 aliphatic carbocycles. The van der Waals surface area contributed by atoms with Crippen molar-refractivity contribution in [3.63, 3.8) is 0 Å². The number of benzene rings is 1. The maximum Gasteiger partial charge on any atom is 0.329 e. The van der Waals surface area contributed by atoms with Crippen molar-refractivity contribution in [1.29, 1.82) is 0 Å². The van der Waals surface area contributed by atoms with Crippen LogP contribution in [0, 0.1) is 6.92 Å². The average Bonchev–Trinajstić information content (AvgIpc) is 2.45. The zero-order valence-corrected chi connectivity index (χ0v) is 9.67. The van der Waals surface area contributed by atoms with Crippen molar-refractivity contribution in [3.05, 3.63) is 28.2 Å². The summed E-state index contributed by atoms with van der Waals surface area (Å²) in [7, 11) is 0. The molecule has 1 aromatic rings. The molecule has 1 aromatic carbocycles. The molecular weight excluding hydrogens is 260 g/mol. The molecule has 0 spiro atoms. The Morgan fingerprint density at radius 1 is 1.40 bits per heavy atom. The van der Waals surface area contributed by atoms with Crippen LogP contribution in [0.15, 0.2) is 22.7 Å². The second kappa shape index (κ2) is 3.66. The van der Waals surface area contributed by atoms with Crippen LogP contribution in [0.5, 0.6) is 0 Å². The predicted molar refractivity (Wildman–Crippen MR) is 59.8 cm³/mol. The summed E-state index contributed by atoms with van der Waals surface area (Å²) >= 11 is 3.35.